The Balaban J connectivity index is 1.62. The SMILES string of the molecule is COc1cnc2ccc(=O)n(CC=C3CCC4(CC3)CO4)c2c1. The highest BCUT2D eigenvalue weighted by Crippen LogP contribution is 2.43. The van der Waals surface area contributed by atoms with E-state index in [0.29, 0.717) is 12.3 Å². The van der Waals surface area contributed by atoms with Gasteiger partial charge in [-0.2, -0.15) is 0 Å². The van der Waals surface area contributed by atoms with Crippen molar-refractivity contribution in [3.8, 4) is 5.75 Å². The molecule has 2 aromatic heterocycles. The fourth-order valence-electron chi connectivity index (χ4n) is 3.29. The zero-order valence-corrected chi connectivity index (χ0v) is 13.2. The third kappa shape index (κ3) is 2.77. The molecular formula is C18H20N2O3. The van der Waals surface area contributed by atoms with Crippen LogP contribution >= 0.6 is 0 Å². The summed E-state index contributed by atoms with van der Waals surface area (Å²) in [4.78, 5) is 16.6. The molecule has 0 amide bonds. The summed E-state index contributed by atoms with van der Waals surface area (Å²) in [5.41, 5.74) is 3.22. The van der Waals surface area contributed by atoms with Crippen molar-refractivity contribution in [1.82, 2.24) is 9.55 Å². The fourth-order valence-corrected chi connectivity index (χ4v) is 3.29. The second-order valence-corrected chi connectivity index (χ2v) is 6.40. The Hall–Kier alpha value is -2.14. The highest BCUT2D eigenvalue weighted by atomic mass is 16.6. The smallest absolute Gasteiger partial charge is 0.251 e. The number of nitrogens with zero attached hydrogens (tertiary/aromatic N) is 2. The van der Waals surface area contributed by atoms with Gasteiger partial charge < -0.3 is 14.0 Å². The van der Waals surface area contributed by atoms with Crippen LogP contribution in [-0.4, -0.2) is 28.9 Å². The third-order valence-electron chi connectivity index (χ3n) is 4.97. The highest BCUT2D eigenvalue weighted by Gasteiger charge is 2.45. The minimum Gasteiger partial charge on any atom is -0.495 e. The highest BCUT2D eigenvalue weighted by molar-refractivity contribution is 5.75. The first kappa shape index (κ1) is 14.5. The molecule has 4 rings (SSSR count). The van der Waals surface area contributed by atoms with Crippen LogP contribution in [0.2, 0.25) is 0 Å². The standard InChI is InChI=1S/C18H20N2O3/c1-22-14-10-16-15(19-11-14)2-3-17(21)20(16)9-6-13-4-7-18(8-5-13)12-23-18/h2-3,6,10-11H,4-5,7-9,12H2,1H3. The maximum atomic E-state index is 12.3. The molecule has 0 atom stereocenters. The van der Waals surface area contributed by atoms with E-state index in [2.05, 4.69) is 11.1 Å². The van der Waals surface area contributed by atoms with E-state index < -0.39 is 0 Å². The van der Waals surface area contributed by atoms with Gasteiger partial charge in [-0.15, -0.1) is 0 Å². The number of pyridine rings is 2. The lowest BCUT2D eigenvalue weighted by atomic mass is 9.86. The third-order valence-corrected chi connectivity index (χ3v) is 4.97. The zero-order valence-electron chi connectivity index (χ0n) is 13.2. The summed E-state index contributed by atoms with van der Waals surface area (Å²) in [5.74, 6) is 0.662. The predicted molar refractivity (Wildman–Crippen MR) is 87.8 cm³/mol. The molecule has 1 spiro atoms. The second kappa shape index (κ2) is 5.49. The minimum atomic E-state index is -0.0118. The van der Waals surface area contributed by atoms with Crippen molar-refractivity contribution in [2.24, 2.45) is 0 Å². The molecule has 0 N–H and O–H groups in total. The maximum Gasteiger partial charge on any atom is 0.251 e. The van der Waals surface area contributed by atoms with Crippen LogP contribution in [0.5, 0.6) is 5.75 Å². The molecule has 0 aromatic carbocycles. The van der Waals surface area contributed by atoms with Crippen LogP contribution in [0.3, 0.4) is 0 Å². The van der Waals surface area contributed by atoms with Crippen molar-refractivity contribution in [2.45, 2.75) is 37.8 Å². The number of fused-ring (bicyclic) bond motifs is 1. The molecule has 5 heteroatoms. The van der Waals surface area contributed by atoms with Crippen LogP contribution in [0.25, 0.3) is 11.0 Å². The first-order valence-corrected chi connectivity index (χ1v) is 8.05. The average Bonchev–Trinajstić information content (AvgIpc) is 3.34. The van der Waals surface area contributed by atoms with E-state index in [-0.39, 0.29) is 11.2 Å². The Morgan fingerprint density at radius 2 is 2.17 bits per heavy atom. The van der Waals surface area contributed by atoms with Gasteiger partial charge >= 0.3 is 0 Å². The second-order valence-electron chi connectivity index (χ2n) is 6.40. The first-order chi connectivity index (χ1) is 11.2. The van der Waals surface area contributed by atoms with E-state index >= 15 is 0 Å². The molecule has 23 heavy (non-hydrogen) atoms. The molecule has 2 aliphatic rings. The minimum absolute atomic E-state index is 0.0118. The van der Waals surface area contributed by atoms with Crippen molar-refractivity contribution in [3.05, 3.63) is 46.4 Å². The molecule has 2 aromatic rings. The van der Waals surface area contributed by atoms with Gasteiger partial charge in [0.05, 0.1) is 36.5 Å². The van der Waals surface area contributed by atoms with Crippen molar-refractivity contribution < 1.29 is 9.47 Å². The van der Waals surface area contributed by atoms with E-state index in [1.807, 2.05) is 6.07 Å². The number of aromatic nitrogens is 2. The zero-order chi connectivity index (χ0) is 15.9. The van der Waals surface area contributed by atoms with Gasteiger partial charge in [0, 0.05) is 18.7 Å². The van der Waals surface area contributed by atoms with Gasteiger partial charge in [0.25, 0.3) is 5.56 Å². The summed E-state index contributed by atoms with van der Waals surface area (Å²) < 4.78 is 12.5. The molecular weight excluding hydrogens is 292 g/mol. The summed E-state index contributed by atoms with van der Waals surface area (Å²) in [7, 11) is 1.61. The number of ether oxygens (including phenoxy) is 2. The summed E-state index contributed by atoms with van der Waals surface area (Å²) in [5, 5.41) is 0. The number of hydrogen-bond donors (Lipinski definition) is 0. The lowest BCUT2D eigenvalue weighted by Gasteiger charge is -2.20. The van der Waals surface area contributed by atoms with Crippen LogP contribution < -0.4 is 10.3 Å². The topological polar surface area (TPSA) is 56.6 Å². The Bertz CT molecular complexity index is 822. The molecule has 2 fully saturated rings. The number of epoxide rings is 1. The lowest BCUT2D eigenvalue weighted by molar-refractivity contribution is 0.257. The molecule has 0 bridgehead atoms. The van der Waals surface area contributed by atoms with Crippen LogP contribution in [0.15, 0.2) is 40.8 Å². The average molecular weight is 312 g/mol. The summed E-state index contributed by atoms with van der Waals surface area (Å²) >= 11 is 0. The van der Waals surface area contributed by atoms with Crippen molar-refractivity contribution in [2.75, 3.05) is 13.7 Å². The van der Waals surface area contributed by atoms with Crippen LogP contribution in [-0.2, 0) is 11.3 Å². The summed E-state index contributed by atoms with van der Waals surface area (Å²) in [6.07, 6.45) is 8.22. The van der Waals surface area contributed by atoms with E-state index in [9.17, 15) is 4.79 Å². The molecule has 1 saturated carbocycles. The van der Waals surface area contributed by atoms with Gasteiger partial charge in [-0.3, -0.25) is 9.78 Å². The Morgan fingerprint density at radius 1 is 1.39 bits per heavy atom. The van der Waals surface area contributed by atoms with E-state index in [4.69, 9.17) is 9.47 Å². The van der Waals surface area contributed by atoms with Gasteiger partial charge in [-0.1, -0.05) is 11.6 Å². The lowest BCUT2D eigenvalue weighted by Crippen LogP contribution is -2.20. The van der Waals surface area contributed by atoms with Crippen molar-refractivity contribution in [3.63, 3.8) is 0 Å². The molecule has 0 unspecified atom stereocenters. The first-order valence-electron chi connectivity index (χ1n) is 8.05. The molecule has 1 aliphatic heterocycles. The molecule has 120 valence electrons. The van der Waals surface area contributed by atoms with E-state index in [1.165, 1.54) is 5.57 Å². The Morgan fingerprint density at radius 3 is 2.87 bits per heavy atom. The number of rotatable bonds is 3. The summed E-state index contributed by atoms with van der Waals surface area (Å²) in [6, 6.07) is 5.21. The maximum absolute atomic E-state index is 12.3. The summed E-state index contributed by atoms with van der Waals surface area (Å²) in [6.45, 7) is 1.50. The normalized spacial score (nSPS) is 23.3. The molecule has 3 heterocycles. The fraction of sp³-hybridized carbons (Fsp3) is 0.444. The molecule has 1 aliphatic carbocycles. The van der Waals surface area contributed by atoms with Crippen LogP contribution in [0.1, 0.15) is 25.7 Å². The van der Waals surface area contributed by atoms with Gasteiger partial charge in [0.1, 0.15) is 5.75 Å². The quantitative estimate of drug-likeness (QED) is 0.646. The Labute approximate surface area is 134 Å². The van der Waals surface area contributed by atoms with Crippen LogP contribution in [0, 0.1) is 0 Å². The molecule has 0 radical (unpaired) electrons. The largest absolute Gasteiger partial charge is 0.495 e. The number of hydrogen-bond acceptors (Lipinski definition) is 4. The van der Waals surface area contributed by atoms with Gasteiger partial charge in [0.2, 0.25) is 0 Å². The van der Waals surface area contributed by atoms with E-state index in [0.717, 1.165) is 43.3 Å². The van der Waals surface area contributed by atoms with Gasteiger partial charge in [0.15, 0.2) is 0 Å². The van der Waals surface area contributed by atoms with Crippen molar-refractivity contribution in [1.29, 1.82) is 0 Å². The predicted octanol–water partition coefficient (Wildman–Crippen LogP) is 2.67. The Kier molecular flexibility index (Phi) is 3.45. The van der Waals surface area contributed by atoms with E-state index in [1.54, 1.807) is 30.0 Å². The van der Waals surface area contributed by atoms with Gasteiger partial charge in [-0.05, 0) is 31.7 Å². The molecule has 1 saturated heterocycles. The van der Waals surface area contributed by atoms with Crippen LogP contribution in [0.4, 0.5) is 0 Å². The number of methoxy groups -OCH3 is 1. The van der Waals surface area contributed by atoms with Gasteiger partial charge in [-0.25, -0.2) is 0 Å². The van der Waals surface area contributed by atoms with Crippen molar-refractivity contribution >= 4 is 11.0 Å². The molecule has 5 nitrogen and oxygen atoms in total. The monoisotopic (exact) mass is 312 g/mol. The number of allylic oxidation sites excluding steroid dienone is 2.